The quantitative estimate of drug-likeness (QED) is 0.770. The Kier molecular flexibility index (Phi) is 3.19. The van der Waals surface area contributed by atoms with Gasteiger partial charge in [-0.25, -0.2) is 4.98 Å². The van der Waals surface area contributed by atoms with Crippen molar-refractivity contribution in [3.05, 3.63) is 36.5 Å². The zero-order chi connectivity index (χ0) is 8.39. The summed E-state index contributed by atoms with van der Waals surface area (Å²) in [5.41, 5.74) is 0.957. The summed E-state index contributed by atoms with van der Waals surface area (Å²) in [5, 5.41) is 0. The molecule has 3 nitrogen and oxygen atoms in total. The minimum Gasteiger partial charge on any atom is -0.441 e. The maximum absolute atomic E-state index is 5.33. The maximum Gasteiger partial charge on any atom is 0.226 e. The van der Waals surface area contributed by atoms with Crippen LogP contribution in [0.1, 0.15) is 5.76 Å². The van der Waals surface area contributed by atoms with Crippen LogP contribution in [0.15, 0.2) is 35.1 Å². The third kappa shape index (κ3) is 2.15. The molecular weight excluding hydrogens is 232 g/mol. The van der Waals surface area contributed by atoms with Gasteiger partial charge in [-0.3, -0.25) is 4.98 Å². The van der Waals surface area contributed by atoms with Crippen LogP contribution in [0.3, 0.4) is 0 Å². The predicted molar refractivity (Wildman–Crippen MR) is 54.8 cm³/mol. The first-order valence-electron chi connectivity index (χ1n) is 3.69. The summed E-state index contributed by atoms with van der Waals surface area (Å²) < 4.78 is 5.33. The number of aryl methyl sites for hydroxylation is 1. The van der Waals surface area contributed by atoms with Gasteiger partial charge in [0.2, 0.25) is 5.89 Å². The van der Waals surface area contributed by atoms with Crippen LogP contribution >= 0.6 is 17.0 Å². The Hall–Kier alpha value is -1.16. The van der Waals surface area contributed by atoms with E-state index in [1.165, 1.54) is 0 Å². The van der Waals surface area contributed by atoms with Gasteiger partial charge in [0.25, 0.3) is 0 Å². The van der Waals surface area contributed by atoms with Crippen molar-refractivity contribution in [3.63, 3.8) is 0 Å². The lowest BCUT2D eigenvalue weighted by molar-refractivity contribution is 0.542. The zero-order valence-corrected chi connectivity index (χ0v) is 8.81. The molecule has 0 atom stereocenters. The number of aromatic nitrogens is 2. The fourth-order valence-electron chi connectivity index (χ4n) is 0.983. The summed E-state index contributed by atoms with van der Waals surface area (Å²) >= 11 is 0. The first-order chi connectivity index (χ1) is 5.86. The van der Waals surface area contributed by atoms with E-state index in [2.05, 4.69) is 9.97 Å². The van der Waals surface area contributed by atoms with Crippen molar-refractivity contribution in [2.75, 3.05) is 0 Å². The molecule has 0 aromatic carbocycles. The van der Waals surface area contributed by atoms with Crippen molar-refractivity contribution in [2.24, 2.45) is 0 Å². The highest BCUT2D eigenvalue weighted by Crippen LogP contribution is 2.16. The molecule has 2 heterocycles. The number of hydrogen-bond donors (Lipinski definition) is 0. The van der Waals surface area contributed by atoms with Crippen LogP contribution in [0, 0.1) is 6.92 Å². The van der Waals surface area contributed by atoms with Crippen LogP contribution in [0.5, 0.6) is 0 Å². The van der Waals surface area contributed by atoms with E-state index < -0.39 is 0 Å². The van der Waals surface area contributed by atoms with E-state index >= 15 is 0 Å². The molecule has 4 heteroatoms. The normalized spacial score (nSPS) is 9.31. The molecule has 0 saturated heterocycles. The van der Waals surface area contributed by atoms with Crippen molar-refractivity contribution in [3.8, 4) is 11.5 Å². The molecule has 0 spiro atoms. The molecule has 2 rings (SSSR count). The van der Waals surface area contributed by atoms with E-state index in [1.54, 1.807) is 18.6 Å². The minimum absolute atomic E-state index is 0. The lowest BCUT2D eigenvalue weighted by Gasteiger charge is -1.91. The third-order valence-corrected chi connectivity index (χ3v) is 1.55. The number of nitrogens with zero attached hydrogens (tertiary/aromatic N) is 2. The van der Waals surface area contributed by atoms with Crippen LogP contribution in [0.4, 0.5) is 0 Å². The highest BCUT2D eigenvalue weighted by molar-refractivity contribution is 8.93. The van der Waals surface area contributed by atoms with Gasteiger partial charge in [0.05, 0.1) is 6.20 Å². The second-order valence-electron chi connectivity index (χ2n) is 2.51. The molecule has 0 aliphatic heterocycles. The molecule has 0 radical (unpaired) electrons. The largest absolute Gasteiger partial charge is 0.441 e. The van der Waals surface area contributed by atoms with Gasteiger partial charge in [-0.15, -0.1) is 17.0 Å². The highest BCUT2D eigenvalue weighted by atomic mass is 79.9. The summed E-state index contributed by atoms with van der Waals surface area (Å²) in [6, 6.07) is 3.73. The van der Waals surface area contributed by atoms with E-state index in [1.807, 2.05) is 19.1 Å². The second-order valence-corrected chi connectivity index (χ2v) is 2.51. The van der Waals surface area contributed by atoms with E-state index in [4.69, 9.17) is 4.42 Å². The lowest BCUT2D eigenvalue weighted by Crippen LogP contribution is -1.76. The van der Waals surface area contributed by atoms with Crippen molar-refractivity contribution < 1.29 is 4.42 Å². The smallest absolute Gasteiger partial charge is 0.226 e. The summed E-state index contributed by atoms with van der Waals surface area (Å²) in [6.07, 6.45) is 5.14. The Balaban J connectivity index is 0.000000845. The van der Waals surface area contributed by atoms with Crippen LogP contribution in [-0.2, 0) is 0 Å². The minimum atomic E-state index is 0. The molecule has 0 aliphatic rings. The summed E-state index contributed by atoms with van der Waals surface area (Å²) in [5.74, 6) is 1.47. The van der Waals surface area contributed by atoms with Gasteiger partial charge >= 0.3 is 0 Å². The molecule has 2 aromatic rings. The van der Waals surface area contributed by atoms with Gasteiger partial charge in [-0.2, -0.15) is 0 Å². The maximum atomic E-state index is 5.33. The van der Waals surface area contributed by atoms with E-state index in [-0.39, 0.29) is 17.0 Å². The third-order valence-electron chi connectivity index (χ3n) is 1.55. The molecule has 68 valence electrons. The first kappa shape index (κ1) is 9.92. The average molecular weight is 241 g/mol. The number of halogens is 1. The fraction of sp³-hybridized carbons (Fsp3) is 0.111. The van der Waals surface area contributed by atoms with Gasteiger partial charge in [-0.1, -0.05) is 0 Å². The van der Waals surface area contributed by atoms with Gasteiger partial charge < -0.3 is 4.42 Å². The van der Waals surface area contributed by atoms with Crippen molar-refractivity contribution in [1.29, 1.82) is 0 Å². The predicted octanol–water partition coefficient (Wildman–Crippen LogP) is 2.62. The Morgan fingerprint density at radius 2 is 1.92 bits per heavy atom. The molecule has 0 bridgehead atoms. The molecule has 0 N–H and O–H groups in total. The molecule has 0 saturated carbocycles. The molecule has 0 fully saturated rings. The Morgan fingerprint density at radius 1 is 1.23 bits per heavy atom. The average Bonchev–Trinajstić information content (AvgIpc) is 2.54. The topological polar surface area (TPSA) is 38.9 Å². The Bertz CT molecular complexity index is 372. The van der Waals surface area contributed by atoms with Gasteiger partial charge in [0.15, 0.2) is 0 Å². The van der Waals surface area contributed by atoms with Crippen LogP contribution in [0.2, 0.25) is 0 Å². The van der Waals surface area contributed by atoms with E-state index in [0.29, 0.717) is 5.89 Å². The van der Waals surface area contributed by atoms with Crippen molar-refractivity contribution >= 4 is 17.0 Å². The van der Waals surface area contributed by atoms with Crippen LogP contribution < -0.4 is 0 Å². The van der Waals surface area contributed by atoms with Gasteiger partial charge in [0.1, 0.15) is 5.76 Å². The van der Waals surface area contributed by atoms with Crippen LogP contribution in [-0.4, -0.2) is 9.97 Å². The van der Waals surface area contributed by atoms with E-state index in [9.17, 15) is 0 Å². The Labute approximate surface area is 86.6 Å². The zero-order valence-electron chi connectivity index (χ0n) is 7.10. The first-order valence-corrected chi connectivity index (χ1v) is 3.69. The monoisotopic (exact) mass is 240 g/mol. The number of oxazole rings is 1. The van der Waals surface area contributed by atoms with Crippen LogP contribution in [0.25, 0.3) is 11.5 Å². The molecule has 0 unspecified atom stereocenters. The Morgan fingerprint density at radius 3 is 2.46 bits per heavy atom. The molecular formula is C9H9BrN2O. The molecule has 0 amide bonds. The van der Waals surface area contributed by atoms with Gasteiger partial charge in [0, 0.05) is 18.0 Å². The summed E-state index contributed by atoms with van der Waals surface area (Å²) in [4.78, 5) is 8.00. The summed E-state index contributed by atoms with van der Waals surface area (Å²) in [6.45, 7) is 1.87. The van der Waals surface area contributed by atoms with Gasteiger partial charge in [-0.05, 0) is 19.1 Å². The summed E-state index contributed by atoms with van der Waals surface area (Å²) in [7, 11) is 0. The van der Waals surface area contributed by atoms with E-state index in [0.717, 1.165) is 11.3 Å². The van der Waals surface area contributed by atoms with Crippen molar-refractivity contribution in [1.82, 2.24) is 9.97 Å². The number of rotatable bonds is 1. The fourth-order valence-corrected chi connectivity index (χ4v) is 0.983. The molecule has 13 heavy (non-hydrogen) atoms. The van der Waals surface area contributed by atoms with Crippen molar-refractivity contribution in [2.45, 2.75) is 6.92 Å². The number of hydrogen-bond acceptors (Lipinski definition) is 3. The SMILES string of the molecule is Br.Cc1cnc(-c2ccncc2)o1. The number of pyridine rings is 1. The molecule has 2 aromatic heterocycles. The second kappa shape index (κ2) is 4.18. The highest BCUT2D eigenvalue weighted by Gasteiger charge is 2.01. The lowest BCUT2D eigenvalue weighted by atomic mass is 10.3. The standard InChI is InChI=1S/C9H8N2O.BrH/c1-7-6-11-9(12-7)8-2-4-10-5-3-8;/h2-6H,1H3;1H. The molecule has 0 aliphatic carbocycles.